The van der Waals surface area contributed by atoms with Gasteiger partial charge in [0.25, 0.3) is 0 Å². The number of nitriles is 1. The highest BCUT2D eigenvalue weighted by Crippen LogP contribution is 2.38. The molecule has 1 N–H and O–H groups in total. The molecule has 0 unspecified atom stereocenters. The SMILES string of the molecule is CS(=O)(=O)N1CCC(N2CC(CC#N)(n3ccc(-c4ncnc5[nH]ccc45)c3)C2)CC1. The van der Waals surface area contributed by atoms with Crippen LogP contribution >= 0.6 is 0 Å². The van der Waals surface area contributed by atoms with Crippen LogP contribution in [0.1, 0.15) is 19.3 Å². The monoisotopic (exact) mass is 439 g/mol. The molecular weight excluding hydrogens is 414 g/mol. The minimum absolute atomic E-state index is 0.259. The van der Waals surface area contributed by atoms with E-state index in [1.54, 1.807) is 10.6 Å². The highest BCUT2D eigenvalue weighted by atomic mass is 32.2. The molecule has 5 heterocycles. The summed E-state index contributed by atoms with van der Waals surface area (Å²) < 4.78 is 27.3. The third-order valence-corrected chi connectivity index (χ3v) is 7.98. The number of sulfonamides is 1. The van der Waals surface area contributed by atoms with Gasteiger partial charge in [-0.1, -0.05) is 0 Å². The van der Waals surface area contributed by atoms with E-state index in [0.29, 0.717) is 25.6 Å². The lowest BCUT2D eigenvalue weighted by atomic mass is 9.83. The van der Waals surface area contributed by atoms with Crippen LogP contribution in [0.2, 0.25) is 0 Å². The largest absolute Gasteiger partial charge is 0.346 e. The summed E-state index contributed by atoms with van der Waals surface area (Å²) in [5, 5.41) is 10.5. The normalized spacial score (nSPS) is 20.5. The second-order valence-electron chi connectivity index (χ2n) is 8.63. The van der Waals surface area contributed by atoms with Gasteiger partial charge in [0.05, 0.1) is 30.0 Å². The van der Waals surface area contributed by atoms with E-state index < -0.39 is 10.0 Å². The number of rotatable bonds is 5. The highest BCUT2D eigenvalue weighted by molar-refractivity contribution is 7.88. The molecule has 9 nitrogen and oxygen atoms in total. The van der Waals surface area contributed by atoms with Crippen LogP contribution in [-0.4, -0.2) is 75.6 Å². The molecular formula is C21H25N7O2S. The molecule has 0 aromatic carbocycles. The maximum absolute atomic E-state index is 11.8. The van der Waals surface area contributed by atoms with Gasteiger partial charge in [0.2, 0.25) is 10.0 Å². The second kappa shape index (κ2) is 7.44. The summed E-state index contributed by atoms with van der Waals surface area (Å²) in [5.41, 5.74) is 2.43. The number of aromatic nitrogens is 4. The third-order valence-electron chi connectivity index (χ3n) is 6.68. The average Bonchev–Trinajstić information content (AvgIpc) is 3.39. The van der Waals surface area contributed by atoms with Crippen LogP contribution in [0.15, 0.2) is 37.1 Å². The molecule has 31 heavy (non-hydrogen) atoms. The Morgan fingerprint density at radius 3 is 2.74 bits per heavy atom. The number of piperidine rings is 1. The quantitative estimate of drug-likeness (QED) is 0.649. The first-order chi connectivity index (χ1) is 14.9. The molecule has 3 aromatic rings. The summed E-state index contributed by atoms with van der Waals surface area (Å²) in [6.45, 7) is 2.72. The lowest BCUT2D eigenvalue weighted by Gasteiger charge is -2.54. The molecule has 0 radical (unpaired) electrons. The third kappa shape index (κ3) is 3.52. The minimum Gasteiger partial charge on any atom is -0.346 e. The molecule has 162 valence electrons. The zero-order valence-corrected chi connectivity index (χ0v) is 18.2. The van der Waals surface area contributed by atoms with Gasteiger partial charge in [0.15, 0.2) is 0 Å². The number of hydrogen-bond acceptors (Lipinski definition) is 6. The Labute approximate surface area is 181 Å². The predicted molar refractivity (Wildman–Crippen MR) is 117 cm³/mol. The molecule has 0 bridgehead atoms. The number of hydrogen-bond donors (Lipinski definition) is 1. The van der Waals surface area contributed by atoms with Crippen molar-refractivity contribution >= 4 is 21.1 Å². The fraction of sp³-hybridized carbons (Fsp3) is 0.476. The van der Waals surface area contributed by atoms with Crippen LogP contribution in [-0.2, 0) is 15.6 Å². The molecule has 0 atom stereocenters. The number of likely N-dealkylation sites (tertiary alicyclic amines) is 1. The van der Waals surface area contributed by atoms with Crippen LogP contribution < -0.4 is 0 Å². The van der Waals surface area contributed by atoms with E-state index in [4.69, 9.17) is 0 Å². The highest BCUT2D eigenvalue weighted by Gasteiger charge is 2.47. The van der Waals surface area contributed by atoms with Gasteiger partial charge in [-0.05, 0) is 25.0 Å². The number of fused-ring (bicyclic) bond motifs is 1. The Bertz CT molecular complexity index is 1240. The topological polar surface area (TPSA) is 111 Å². The van der Waals surface area contributed by atoms with Crippen molar-refractivity contribution in [2.45, 2.75) is 30.8 Å². The molecule has 3 aromatic heterocycles. The van der Waals surface area contributed by atoms with Gasteiger partial charge in [0.1, 0.15) is 12.0 Å². The van der Waals surface area contributed by atoms with E-state index in [1.807, 2.05) is 24.5 Å². The molecule has 2 aliphatic rings. The smallest absolute Gasteiger partial charge is 0.211 e. The lowest BCUT2D eigenvalue weighted by Crippen LogP contribution is -2.66. The number of nitrogens with zero attached hydrogens (tertiary/aromatic N) is 6. The first-order valence-electron chi connectivity index (χ1n) is 10.4. The van der Waals surface area contributed by atoms with E-state index in [0.717, 1.165) is 48.2 Å². The van der Waals surface area contributed by atoms with Crippen molar-refractivity contribution in [1.29, 1.82) is 5.26 Å². The molecule has 0 amide bonds. The summed E-state index contributed by atoms with van der Waals surface area (Å²) in [6, 6.07) is 6.75. The molecule has 5 rings (SSSR count). The Hall–Kier alpha value is -2.74. The van der Waals surface area contributed by atoms with Gasteiger partial charge in [-0.3, -0.25) is 4.90 Å². The summed E-state index contributed by atoms with van der Waals surface area (Å²) in [7, 11) is -3.12. The van der Waals surface area contributed by atoms with Crippen molar-refractivity contribution in [3.05, 3.63) is 37.1 Å². The van der Waals surface area contributed by atoms with Gasteiger partial charge >= 0.3 is 0 Å². The van der Waals surface area contributed by atoms with Crippen LogP contribution in [0.4, 0.5) is 0 Å². The van der Waals surface area contributed by atoms with E-state index in [9.17, 15) is 13.7 Å². The second-order valence-corrected chi connectivity index (χ2v) is 10.6. The van der Waals surface area contributed by atoms with Crippen molar-refractivity contribution in [3.8, 4) is 17.3 Å². The van der Waals surface area contributed by atoms with Crippen molar-refractivity contribution in [1.82, 2.24) is 28.7 Å². The zero-order valence-electron chi connectivity index (χ0n) is 17.4. The molecule has 0 spiro atoms. The summed E-state index contributed by atoms with van der Waals surface area (Å²) in [6.07, 6.45) is 10.9. The van der Waals surface area contributed by atoms with Crippen molar-refractivity contribution in [2.75, 3.05) is 32.4 Å². The predicted octanol–water partition coefficient (Wildman–Crippen LogP) is 1.77. The van der Waals surface area contributed by atoms with Gasteiger partial charge in [-0.15, -0.1) is 0 Å². The average molecular weight is 440 g/mol. The molecule has 0 aliphatic carbocycles. The first-order valence-corrected chi connectivity index (χ1v) is 12.3. The van der Waals surface area contributed by atoms with Crippen LogP contribution in [0, 0.1) is 11.3 Å². The fourth-order valence-corrected chi connectivity index (χ4v) is 5.83. The first kappa shape index (κ1) is 20.2. The standard InChI is InChI=1S/C21H25N7O2S/c1-31(29,30)28-10-4-17(5-11-28)26-13-21(14-26,6-7-22)27-9-3-16(12-27)19-18-2-8-23-20(18)25-15-24-19/h2-3,8-9,12,15,17H,4-6,10-11,13-14H2,1H3,(H,23,24,25). The van der Waals surface area contributed by atoms with Gasteiger partial charge < -0.3 is 9.55 Å². The van der Waals surface area contributed by atoms with Crippen LogP contribution in [0.3, 0.4) is 0 Å². The fourth-order valence-electron chi connectivity index (χ4n) is 4.95. The summed E-state index contributed by atoms with van der Waals surface area (Å²) >= 11 is 0. The molecule has 2 aliphatic heterocycles. The zero-order chi connectivity index (χ0) is 21.6. The number of nitrogens with one attached hydrogen (secondary N) is 1. The summed E-state index contributed by atoms with van der Waals surface area (Å²) in [5.74, 6) is 0. The molecule has 2 saturated heterocycles. The summed E-state index contributed by atoms with van der Waals surface area (Å²) in [4.78, 5) is 14.2. The molecule has 10 heteroatoms. The van der Waals surface area contributed by atoms with E-state index >= 15 is 0 Å². The van der Waals surface area contributed by atoms with Gasteiger partial charge in [0, 0.05) is 61.8 Å². The molecule has 2 fully saturated rings. The van der Waals surface area contributed by atoms with Crippen LogP contribution in [0.5, 0.6) is 0 Å². The molecule has 0 saturated carbocycles. The van der Waals surface area contributed by atoms with Crippen molar-refractivity contribution in [3.63, 3.8) is 0 Å². The van der Waals surface area contributed by atoms with E-state index in [1.165, 1.54) is 6.26 Å². The maximum Gasteiger partial charge on any atom is 0.211 e. The van der Waals surface area contributed by atoms with Gasteiger partial charge in [-0.25, -0.2) is 22.7 Å². The lowest BCUT2D eigenvalue weighted by molar-refractivity contribution is -0.0313. The van der Waals surface area contributed by atoms with E-state index in [-0.39, 0.29) is 5.54 Å². The Morgan fingerprint density at radius 2 is 2.03 bits per heavy atom. The Morgan fingerprint density at radius 1 is 1.26 bits per heavy atom. The Balaban J connectivity index is 1.33. The maximum atomic E-state index is 11.8. The number of H-pyrrole nitrogens is 1. The minimum atomic E-state index is -3.12. The van der Waals surface area contributed by atoms with Crippen molar-refractivity contribution < 1.29 is 8.42 Å². The number of aromatic amines is 1. The Kier molecular flexibility index (Phi) is 4.84. The van der Waals surface area contributed by atoms with E-state index in [2.05, 4.69) is 36.7 Å². The van der Waals surface area contributed by atoms with Gasteiger partial charge in [-0.2, -0.15) is 5.26 Å². The van der Waals surface area contributed by atoms with Crippen molar-refractivity contribution in [2.24, 2.45) is 0 Å². The van der Waals surface area contributed by atoms with Crippen LogP contribution in [0.25, 0.3) is 22.3 Å².